The second kappa shape index (κ2) is 8.78. The summed E-state index contributed by atoms with van der Waals surface area (Å²) in [5.74, 6) is 0.398. The summed E-state index contributed by atoms with van der Waals surface area (Å²) in [6.45, 7) is 3.52. The maximum atomic E-state index is 11.7. The molecule has 6 nitrogen and oxygen atoms in total. The van der Waals surface area contributed by atoms with Crippen LogP contribution < -0.4 is 15.2 Å². The van der Waals surface area contributed by atoms with Crippen LogP contribution in [0.5, 0.6) is 5.75 Å². The van der Waals surface area contributed by atoms with Gasteiger partial charge in [0.25, 0.3) is 0 Å². The number of hydrogen-bond donors (Lipinski definition) is 2. The van der Waals surface area contributed by atoms with Crippen molar-refractivity contribution in [2.45, 2.75) is 13.3 Å². The second-order valence-electron chi connectivity index (χ2n) is 4.15. The van der Waals surface area contributed by atoms with Gasteiger partial charge in [0.05, 0.1) is 11.4 Å². The third-order valence-electron chi connectivity index (χ3n) is 2.52. The van der Waals surface area contributed by atoms with Gasteiger partial charge >= 0.3 is 0 Å². The molecule has 0 aliphatic heterocycles. The molecule has 3 N–H and O–H groups in total. The molecule has 0 amide bonds. The first-order chi connectivity index (χ1) is 9.55. The van der Waals surface area contributed by atoms with E-state index in [1.807, 2.05) is 6.92 Å². The molecule has 1 aromatic carbocycles. The third-order valence-corrected chi connectivity index (χ3v) is 3.87. The maximum absolute atomic E-state index is 11.7. The minimum Gasteiger partial charge on any atom is -0.490 e. The van der Waals surface area contributed by atoms with Gasteiger partial charge in [0.1, 0.15) is 12.4 Å². The van der Waals surface area contributed by atoms with Crippen molar-refractivity contribution in [2.75, 3.05) is 37.9 Å². The Bertz CT molecular complexity index is 491. The highest BCUT2D eigenvalue weighted by atomic mass is 32.2. The minimum atomic E-state index is -3.32. The molecule has 7 heteroatoms. The van der Waals surface area contributed by atoms with E-state index in [0.717, 1.165) is 0 Å². The van der Waals surface area contributed by atoms with Gasteiger partial charge in [-0.25, -0.2) is 13.1 Å². The van der Waals surface area contributed by atoms with Crippen LogP contribution in [0.3, 0.4) is 0 Å². The Hall–Kier alpha value is -1.31. The highest BCUT2D eigenvalue weighted by Gasteiger charge is 2.10. The van der Waals surface area contributed by atoms with Crippen molar-refractivity contribution in [2.24, 2.45) is 0 Å². The lowest BCUT2D eigenvalue weighted by Crippen LogP contribution is -2.30. The number of benzene rings is 1. The van der Waals surface area contributed by atoms with Crippen LogP contribution in [-0.2, 0) is 14.8 Å². The van der Waals surface area contributed by atoms with Crippen molar-refractivity contribution in [3.63, 3.8) is 0 Å². The molecule has 0 saturated heterocycles. The molecule has 0 bridgehead atoms. The van der Waals surface area contributed by atoms with E-state index in [4.69, 9.17) is 15.2 Å². The predicted octanol–water partition coefficient (Wildman–Crippen LogP) is 0.994. The van der Waals surface area contributed by atoms with E-state index in [1.54, 1.807) is 24.3 Å². The summed E-state index contributed by atoms with van der Waals surface area (Å²) in [6.07, 6.45) is 0.652. The number of hydrogen-bond acceptors (Lipinski definition) is 5. The number of nitrogen functional groups attached to an aromatic ring is 1. The summed E-state index contributed by atoms with van der Waals surface area (Å²) in [7, 11) is -3.32. The van der Waals surface area contributed by atoms with Crippen molar-refractivity contribution in [1.29, 1.82) is 0 Å². The van der Waals surface area contributed by atoms with E-state index >= 15 is 0 Å². The van der Waals surface area contributed by atoms with Gasteiger partial charge in [0, 0.05) is 19.8 Å². The summed E-state index contributed by atoms with van der Waals surface area (Å²) in [5, 5.41) is 0. The molecule has 0 fully saturated rings. The lowest BCUT2D eigenvalue weighted by molar-refractivity contribution is 0.146. The van der Waals surface area contributed by atoms with Crippen LogP contribution in [0.2, 0.25) is 0 Å². The Labute approximate surface area is 120 Å². The third kappa shape index (κ3) is 6.74. The summed E-state index contributed by atoms with van der Waals surface area (Å²) in [6, 6.07) is 6.98. The van der Waals surface area contributed by atoms with Crippen LogP contribution in [0.25, 0.3) is 0 Å². The number of anilines is 1. The highest BCUT2D eigenvalue weighted by Crippen LogP contribution is 2.19. The summed E-state index contributed by atoms with van der Waals surface area (Å²) < 4.78 is 36.3. The van der Waals surface area contributed by atoms with Crippen LogP contribution in [0.1, 0.15) is 13.3 Å². The minimum absolute atomic E-state index is 0.0645. The molecule has 0 saturated carbocycles. The van der Waals surface area contributed by atoms with Gasteiger partial charge in [0.2, 0.25) is 10.0 Å². The van der Waals surface area contributed by atoms with E-state index in [2.05, 4.69) is 4.72 Å². The van der Waals surface area contributed by atoms with E-state index in [0.29, 0.717) is 37.6 Å². The van der Waals surface area contributed by atoms with Crippen molar-refractivity contribution in [1.82, 2.24) is 4.72 Å². The van der Waals surface area contributed by atoms with Crippen molar-refractivity contribution >= 4 is 15.7 Å². The Balaban J connectivity index is 2.24. The fraction of sp³-hybridized carbons (Fsp3) is 0.538. The molecule has 0 atom stereocenters. The van der Waals surface area contributed by atoms with Gasteiger partial charge in [0.15, 0.2) is 0 Å². The molecule has 114 valence electrons. The van der Waals surface area contributed by atoms with Gasteiger partial charge in [-0.2, -0.15) is 0 Å². The molecule has 1 rings (SSSR count). The van der Waals surface area contributed by atoms with E-state index in [-0.39, 0.29) is 12.4 Å². The summed E-state index contributed by atoms with van der Waals surface area (Å²) in [4.78, 5) is 0. The number of sulfonamides is 1. The number of para-hydroxylation sites is 2. The van der Waals surface area contributed by atoms with Crippen molar-refractivity contribution in [3.8, 4) is 5.75 Å². The smallest absolute Gasteiger partial charge is 0.214 e. The Kier molecular flexibility index (Phi) is 7.35. The SMILES string of the molecule is CCOCCCNS(=O)(=O)CCOc1ccccc1N. The fourth-order valence-corrected chi connectivity index (χ4v) is 2.39. The molecule has 0 unspecified atom stereocenters. The van der Waals surface area contributed by atoms with Crippen LogP contribution in [-0.4, -0.2) is 40.5 Å². The number of nitrogens with one attached hydrogen (secondary N) is 1. The first-order valence-electron chi connectivity index (χ1n) is 6.57. The molecule has 0 radical (unpaired) electrons. The van der Waals surface area contributed by atoms with Crippen molar-refractivity contribution in [3.05, 3.63) is 24.3 Å². The monoisotopic (exact) mass is 302 g/mol. The predicted molar refractivity (Wildman–Crippen MR) is 79.2 cm³/mol. The average Bonchev–Trinajstić information content (AvgIpc) is 2.40. The van der Waals surface area contributed by atoms with Gasteiger partial charge in [-0.3, -0.25) is 0 Å². The largest absolute Gasteiger partial charge is 0.490 e. The van der Waals surface area contributed by atoms with Crippen LogP contribution >= 0.6 is 0 Å². The zero-order valence-corrected chi connectivity index (χ0v) is 12.5. The first kappa shape index (κ1) is 16.7. The quantitative estimate of drug-likeness (QED) is 0.497. The molecular formula is C13H22N2O4S. The Morgan fingerprint density at radius 1 is 1.25 bits per heavy atom. The lowest BCUT2D eigenvalue weighted by Gasteiger charge is -2.10. The standard InChI is InChI=1S/C13H22N2O4S/c1-2-18-9-5-8-15-20(16,17)11-10-19-13-7-4-3-6-12(13)14/h3-4,6-7,15H,2,5,8-11,14H2,1H3. The molecule has 0 spiro atoms. The zero-order chi connectivity index (χ0) is 14.8. The number of rotatable bonds is 10. The van der Waals surface area contributed by atoms with Gasteiger partial charge in [-0.05, 0) is 25.5 Å². The highest BCUT2D eigenvalue weighted by molar-refractivity contribution is 7.89. The number of nitrogens with two attached hydrogens (primary N) is 1. The number of ether oxygens (including phenoxy) is 2. The molecular weight excluding hydrogens is 280 g/mol. The van der Waals surface area contributed by atoms with Crippen molar-refractivity contribution < 1.29 is 17.9 Å². The maximum Gasteiger partial charge on any atom is 0.214 e. The molecule has 0 heterocycles. The summed E-state index contributed by atoms with van der Waals surface area (Å²) >= 11 is 0. The zero-order valence-electron chi connectivity index (χ0n) is 11.7. The van der Waals surface area contributed by atoms with Crippen LogP contribution in [0.4, 0.5) is 5.69 Å². The fourth-order valence-electron chi connectivity index (χ4n) is 1.49. The Morgan fingerprint density at radius 2 is 2.00 bits per heavy atom. The van der Waals surface area contributed by atoms with Gasteiger partial charge < -0.3 is 15.2 Å². The normalized spacial score (nSPS) is 11.4. The van der Waals surface area contributed by atoms with E-state index in [9.17, 15) is 8.42 Å². The van der Waals surface area contributed by atoms with Gasteiger partial charge in [-0.15, -0.1) is 0 Å². The average molecular weight is 302 g/mol. The lowest BCUT2D eigenvalue weighted by atomic mass is 10.3. The first-order valence-corrected chi connectivity index (χ1v) is 8.23. The molecule has 20 heavy (non-hydrogen) atoms. The van der Waals surface area contributed by atoms with E-state index < -0.39 is 10.0 Å². The van der Waals surface area contributed by atoms with Gasteiger partial charge in [-0.1, -0.05) is 12.1 Å². The molecule has 0 aliphatic carbocycles. The molecule has 0 aliphatic rings. The van der Waals surface area contributed by atoms with E-state index in [1.165, 1.54) is 0 Å². The molecule has 0 aromatic heterocycles. The second-order valence-corrected chi connectivity index (χ2v) is 6.08. The summed E-state index contributed by atoms with van der Waals surface area (Å²) in [5.41, 5.74) is 6.19. The topological polar surface area (TPSA) is 90.6 Å². The Morgan fingerprint density at radius 3 is 2.70 bits per heavy atom. The van der Waals surface area contributed by atoms with Crippen LogP contribution in [0, 0.1) is 0 Å². The molecule has 1 aromatic rings. The van der Waals surface area contributed by atoms with Crippen LogP contribution in [0.15, 0.2) is 24.3 Å².